The van der Waals surface area contributed by atoms with Gasteiger partial charge in [0.05, 0.1) is 10.8 Å². The summed E-state index contributed by atoms with van der Waals surface area (Å²) >= 11 is 0. The largest absolute Gasteiger partial charge is 0.449 e. The second kappa shape index (κ2) is 7.92. The summed E-state index contributed by atoms with van der Waals surface area (Å²) in [5, 5.41) is 3.30. The molecule has 0 saturated carbocycles. The normalized spacial score (nSPS) is 17.7. The number of para-hydroxylation sites is 1. The first kappa shape index (κ1) is 20.1. The molecule has 2 aromatic carbocycles. The third-order valence-electron chi connectivity index (χ3n) is 5.20. The predicted molar refractivity (Wildman–Crippen MR) is 111 cm³/mol. The number of primary amides is 1. The van der Waals surface area contributed by atoms with E-state index in [9.17, 15) is 18.0 Å². The lowest BCUT2D eigenvalue weighted by Gasteiger charge is -2.31. The lowest BCUT2D eigenvalue weighted by molar-refractivity contribution is -0.120. The van der Waals surface area contributed by atoms with Crippen LogP contribution in [0.2, 0.25) is 0 Å². The maximum Gasteiger partial charge on any atom is 0.286 e. The Morgan fingerprint density at radius 2 is 1.77 bits per heavy atom. The molecular weight excluding hydrogens is 406 g/mol. The Morgan fingerprint density at radius 1 is 1.07 bits per heavy atom. The topological polar surface area (TPSA) is 123 Å². The number of nitrogens with two attached hydrogens (primary N) is 1. The van der Waals surface area contributed by atoms with E-state index >= 15 is 0 Å². The van der Waals surface area contributed by atoms with Crippen molar-refractivity contribution < 1.29 is 22.4 Å². The fourth-order valence-electron chi connectivity index (χ4n) is 3.68. The number of carbonyl (C=O) groups excluding carboxylic acids is 2. The molecule has 9 heteroatoms. The van der Waals surface area contributed by atoms with E-state index in [0.29, 0.717) is 30.4 Å². The summed E-state index contributed by atoms with van der Waals surface area (Å²) in [6, 6.07) is 15.0. The maximum atomic E-state index is 13.0. The number of rotatable bonds is 5. The average Bonchev–Trinajstić information content (AvgIpc) is 3.13. The number of nitrogens with zero attached hydrogens (tertiary/aromatic N) is 1. The van der Waals surface area contributed by atoms with Crippen LogP contribution in [0.25, 0.3) is 11.0 Å². The minimum absolute atomic E-state index is 0.0603. The van der Waals surface area contributed by atoms with Gasteiger partial charge in [-0.3, -0.25) is 9.59 Å². The van der Waals surface area contributed by atoms with Crippen LogP contribution in [0.15, 0.2) is 63.9 Å². The number of amides is 2. The molecule has 2 amide bonds. The minimum atomic E-state index is -3.69. The number of fused-ring (bicyclic) bond motifs is 1. The zero-order valence-corrected chi connectivity index (χ0v) is 16.9. The summed E-state index contributed by atoms with van der Waals surface area (Å²) in [6.45, 7) is 0.410. The summed E-state index contributed by atoms with van der Waals surface area (Å²) < 4.78 is 32.6. The van der Waals surface area contributed by atoms with Gasteiger partial charge in [0, 0.05) is 18.5 Å². The number of hydrogen-bond donors (Lipinski definition) is 2. The molecule has 0 bridgehead atoms. The third kappa shape index (κ3) is 3.69. The molecule has 1 saturated heterocycles. The Labute approximate surface area is 173 Å². The van der Waals surface area contributed by atoms with Crippen LogP contribution in [0.5, 0.6) is 0 Å². The van der Waals surface area contributed by atoms with Crippen molar-refractivity contribution in [2.75, 3.05) is 18.4 Å². The Hall–Kier alpha value is -3.17. The minimum Gasteiger partial charge on any atom is -0.449 e. The second-order valence-electron chi connectivity index (χ2n) is 7.17. The molecule has 4 rings (SSSR count). The predicted octanol–water partition coefficient (Wildman–Crippen LogP) is 2.57. The van der Waals surface area contributed by atoms with Gasteiger partial charge in [-0.15, -0.1) is 0 Å². The first-order valence-corrected chi connectivity index (χ1v) is 11.0. The van der Waals surface area contributed by atoms with Gasteiger partial charge in [0.15, 0.2) is 0 Å². The number of anilines is 1. The van der Waals surface area contributed by atoms with E-state index in [2.05, 4.69) is 5.32 Å². The second-order valence-corrected chi connectivity index (χ2v) is 9.11. The van der Waals surface area contributed by atoms with Crippen molar-refractivity contribution in [1.29, 1.82) is 0 Å². The van der Waals surface area contributed by atoms with E-state index in [1.807, 2.05) is 0 Å². The van der Waals surface area contributed by atoms with Crippen molar-refractivity contribution in [3.8, 4) is 0 Å². The molecule has 1 aliphatic heterocycles. The molecule has 1 unspecified atom stereocenters. The standard InChI is InChI=1S/C21H21N3O5S/c22-20(25)19-18(16-10-4-5-11-17(16)29-19)23-21(26)14-7-6-12-24(13-14)30(27,28)15-8-2-1-3-9-15/h1-5,8-11,14H,6-7,12-13H2,(H2,22,25)(H,23,26). The molecule has 0 radical (unpaired) electrons. The van der Waals surface area contributed by atoms with E-state index in [1.165, 1.54) is 16.4 Å². The van der Waals surface area contributed by atoms with Gasteiger partial charge >= 0.3 is 0 Å². The van der Waals surface area contributed by atoms with Crippen LogP contribution in [-0.2, 0) is 14.8 Å². The highest BCUT2D eigenvalue weighted by Crippen LogP contribution is 2.32. The molecule has 1 aromatic heterocycles. The summed E-state index contributed by atoms with van der Waals surface area (Å²) in [7, 11) is -3.69. The summed E-state index contributed by atoms with van der Waals surface area (Å²) in [5.74, 6) is -1.86. The van der Waals surface area contributed by atoms with Gasteiger partial charge in [0.2, 0.25) is 21.7 Å². The Kier molecular flexibility index (Phi) is 5.31. The molecule has 8 nitrogen and oxygen atoms in total. The van der Waals surface area contributed by atoms with Crippen LogP contribution in [0.4, 0.5) is 5.69 Å². The van der Waals surface area contributed by atoms with E-state index in [1.54, 1.807) is 42.5 Å². The molecule has 1 fully saturated rings. The van der Waals surface area contributed by atoms with E-state index in [-0.39, 0.29) is 28.8 Å². The smallest absolute Gasteiger partial charge is 0.286 e. The molecular formula is C21H21N3O5S. The van der Waals surface area contributed by atoms with Crippen molar-refractivity contribution in [1.82, 2.24) is 4.31 Å². The van der Waals surface area contributed by atoms with Crippen LogP contribution in [-0.4, -0.2) is 37.6 Å². The lowest BCUT2D eigenvalue weighted by Crippen LogP contribution is -2.43. The Balaban J connectivity index is 1.57. The van der Waals surface area contributed by atoms with E-state index < -0.39 is 21.8 Å². The first-order valence-electron chi connectivity index (χ1n) is 9.55. The van der Waals surface area contributed by atoms with Gasteiger partial charge in [-0.05, 0) is 37.1 Å². The fraction of sp³-hybridized carbons (Fsp3) is 0.238. The van der Waals surface area contributed by atoms with E-state index in [0.717, 1.165) is 0 Å². The number of carbonyl (C=O) groups is 2. The van der Waals surface area contributed by atoms with E-state index in [4.69, 9.17) is 10.2 Å². The lowest BCUT2D eigenvalue weighted by atomic mass is 9.98. The van der Waals surface area contributed by atoms with Crippen molar-refractivity contribution in [3.63, 3.8) is 0 Å². The van der Waals surface area contributed by atoms with Crippen LogP contribution >= 0.6 is 0 Å². The highest BCUT2D eigenvalue weighted by molar-refractivity contribution is 7.89. The SMILES string of the molecule is NC(=O)c1oc2ccccc2c1NC(=O)C1CCCN(S(=O)(=O)c2ccccc2)C1. The molecule has 156 valence electrons. The van der Waals surface area contributed by atoms with Crippen molar-refractivity contribution in [2.45, 2.75) is 17.7 Å². The van der Waals surface area contributed by atoms with Gasteiger partial charge < -0.3 is 15.5 Å². The molecule has 3 aromatic rings. The number of nitrogens with one attached hydrogen (secondary N) is 1. The van der Waals surface area contributed by atoms with Gasteiger partial charge in [-0.1, -0.05) is 30.3 Å². The number of furan rings is 1. The van der Waals surface area contributed by atoms with Gasteiger partial charge in [0.25, 0.3) is 5.91 Å². The fourth-order valence-corrected chi connectivity index (χ4v) is 5.23. The van der Waals surface area contributed by atoms with Gasteiger partial charge in [-0.25, -0.2) is 8.42 Å². The molecule has 0 spiro atoms. The highest BCUT2D eigenvalue weighted by Gasteiger charge is 2.34. The number of piperidine rings is 1. The van der Waals surface area contributed by atoms with Crippen LogP contribution in [0, 0.1) is 5.92 Å². The monoisotopic (exact) mass is 427 g/mol. The zero-order chi connectivity index (χ0) is 21.3. The molecule has 3 N–H and O–H groups in total. The molecule has 1 aliphatic rings. The van der Waals surface area contributed by atoms with Crippen LogP contribution in [0.3, 0.4) is 0 Å². The average molecular weight is 427 g/mol. The van der Waals surface area contributed by atoms with Gasteiger partial charge in [0.1, 0.15) is 11.3 Å². The van der Waals surface area contributed by atoms with Gasteiger partial charge in [-0.2, -0.15) is 4.31 Å². The maximum absolute atomic E-state index is 13.0. The highest BCUT2D eigenvalue weighted by atomic mass is 32.2. The molecule has 0 aliphatic carbocycles. The van der Waals surface area contributed by atoms with Crippen molar-refractivity contribution in [2.24, 2.45) is 11.7 Å². The Bertz CT molecular complexity index is 1200. The Morgan fingerprint density at radius 3 is 2.50 bits per heavy atom. The summed E-state index contributed by atoms with van der Waals surface area (Å²) in [4.78, 5) is 24.9. The van der Waals surface area contributed by atoms with Crippen LogP contribution < -0.4 is 11.1 Å². The van der Waals surface area contributed by atoms with Crippen molar-refractivity contribution in [3.05, 3.63) is 60.4 Å². The molecule has 1 atom stereocenters. The summed E-state index contributed by atoms with van der Waals surface area (Å²) in [5.41, 5.74) is 6.05. The first-order chi connectivity index (χ1) is 14.4. The number of benzene rings is 2. The number of hydrogen-bond acceptors (Lipinski definition) is 5. The molecule has 2 heterocycles. The summed E-state index contributed by atoms with van der Waals surface area (Å²) in [6.07, 6.45) is 1.09. The van der Waals surface area contributed by atoms with Crippen LogP contribution in [0.1, 0.15) is 23.4 Å². The molecule has 30 heavy (non-hydrogen) atoms. The quantitative estimate of drug-likeness (QED) is 0.648. The van der Waals surface area contributed by atoms with Crippen molar-refractivity contribution >= 4 is 38.5 Å². The zero-order valence-electron chi connectivity index (χ0n) is 16.1. The third-order valence-corrected chi connectivity index (χ3v) is 7.08. The number of sulfonamides is 1.